The number of hydrogen-bond acceptors (Lipinski definition) is 5. The smallest absolute Gasteiger partial charge is 0.266 e. The van der Waals surface area contributed by atoms with Gasteiger partial charge < -0.3 is 10.5 Å². The van der Waals surface area contributed by atoms with Crippen LogP contribution in [0.15, 0.2) is 15.3 Å². The number of halogens is 2. The summed E-state index contributed by atoms with van der Waals surface area (Å²) in [5.41, 5.74) is 7.03. The minimum Gasteiger partial charge on any atom is -0.381 e. The van der Waals surface area contributed by atoms with Gasteiger partial charge in [-0.15, -0.1) is 17.0 Å². The van der Waals surface area contributed by atoms with E-state index < -0.39 is 0 Å². The number of fused-ring (bicyclic) bond motifs is 1. The first-order valence-corrected chi connectivity index (χ1v) is 7.30. The lowest BCUT2D eigenvalue weighted by atomic mass is 10.1. The van der Waals surface area contributed by atoms with E-state index in [9.17, 15) is 4.79 Å². The van der Waals surface area contributed by atoms with Gasteiger partial charge >= 0.3 is 0 Å². The zero-order valence-corrected chi connectivity index (χ0v) is 14.8. The lowest BCUT2D eigenvalue weighted by Gasteiger charge is -2.25. The first-order chi connectivity index (χ1) is 9.58. The van der Waals surface area contributed by atoms with E-state index in [0.717, 1.165) is 23.9 Å². The molecule has 0 unspecified atom stereocenters. The van der Waals surface area contributed by atoms with E-state index in [0.29, 0.717) is 23.3 Å². The third kappa shape index (κ3) is 2.97. The lowest BCUT2D eigenvalue weighted by molar-refractivity contribution is 0.0696. The molecule has 1 saturated heterocycles. The van der Waals surface area contributed by atoms with Gasteiger partial charge in [0.05, 0.1) is 10.2 Å². The molecule has 0 saturated carbocycles. The van der Waals surface area contributed by atoms with Crippen LogP contribution in [0.1, 0.15) is 24.6 Å². The number of aromatic nitrogens is 3. The molecule has 0 aliphatic carbocycles. The molecule has 1 aliphatic heterocycles. The minimum atomic E-state index is -0.0816. The molecular weight excluding hydrogens is 404 g/mol. The van der Waals surface area contributed by atoms with Crippen LogP contribution >= 0.6 is 32.9 Å². The summed E-state index contributed by atoms with van der Waals surface area (Å²) in [5, 5.41) is 0.845. The number of nitrogens with two attached hydrogens (primary N) is 1. The van der Waals surface area contributed by atoms with Gasteiger partial charge in [-0.1, -0.05) is 0 Å². The van der Waals surface area contributed by atoms with E-state index in [1.54, 1.807) is 10.6 Å². The second-order valence-corrected chi connectivity index (χ2v) is 5.77. The number of anilines is 1. The number of hydrogen-bond donors (Lipinski definition) is 1. The van der Waals surface area contributed by atoms with Gasteiger partial charge in [0.15, 0.2) is 0 Å². The topological polar surface area (TPSA) is 83.0 Å². The standard InChI is InChI=1S/C13H15BrN4O2.BrH/c1-7-9-6-10(14)12(19)18(8-2-4-20-5-3-8)11(9)17-13(15)16-7;/h6,8H,2-5H2,1H3,(H2,15,16,17);1H. The third-order valence-corrected chi connectivity index (χ3v) is 4.18. The van der Waals surface area contributed by atoms with Crippen molar-refractivity contribution in [1.82, 2.24) is 14.5 Å². The maximum absolute atomic E-state index is 12.5. The predicted molar refractivity (Wildman–Crippen MR) is 90.1 cm³/mol. The van der Waals surface area contributed by atoms with Crippen molar-refractivity contribution >= 4 is 49.9 Å². The Morgan fingerprint density at radius 3 is 2.71 bits per heavy atom. The molecule has 21 heavy (non-hydrogen) atoms. The average molecular weight is 420 g/mol. The number of aryl methyl sites for hydroxylation is 1. The number of nitrogens with zero attached hydrogens (tertiary/aromatic N) is 3. The minimum absolute atomic E-state index is 0. The van der Waals surface area contributed by atoms with Crippen LogP contribution in [0.4, 0.5) is 5.95 Å². The summed E-state index contributed by atoms with van der Waals surface area (Å²) in [7, 11) is 0. The molecule has 0 atom stereocenters. The highest BCUT2D eigenvalue weighted by molar-refractivity contribution is 9.10. The summed E-state index contributed by atoms with van der Waals surface area (Å²) < 4.78 is 7.62. The largest absolute Gasteiger partial charge is 0.381 e. The van der Waals surface area contributed by atoms with Gasteiger partial charge in [0.25, 0.3) is 5.56 Å². The van der Waals surface area contributed by atoms with Crippen LogP contribution in [0.3, 0.4) is 0 Å². The molecule has 0 aromatic carbocycles. The Balaban J connectivity index is 0.00000161. The highest BCUT2D eigenvalue weighted by Gasteiger charge is 2.21. The summed E-state index contributed by atoms with van der Waals surface area (Å²) in [6.45, 7) is 3.18. The van der Waals surface area contributed by atoms with Crippen molar-refractivity contribution in [2.45, 2.75) is 25.8 Å². The van der Waals surface area contributed by atoms with E-state index in [-0.39, 0.29) is 34.5 Å². The van der Waals surface area contributed by atoms with Crippen molar-refractivity contribution in [2.24, 2.45) is 0 Å². The monoisotopic (exact) mass is 418 g/mol. The second-order valence-electron chi connectivity index (χ2n) is 4.92. The Kier molecular flexibility index (Phi) is 5.00. The normalized spacial score (nSPS) is 15.9. The summed E-state index contributed by atoms with van der Waals surface area (Å²) >= 11 is 3.34. The number of ether oxygens (including phenoxy) is 1. The van der Waals surface area contributed by atoms with E-state index in [1.807, 2.05) is 6.92 Å². The Labute approximate surface area is 140 Å². The van der Waals surface area contributed by atoms with Crippen LogP contribution in [0.5, 0.6) is 0 Å². The number of rotatable bonds is 1. The summed E-state index contributed by atoms with van der Waals surface area (Å²) in [6.07, 6.45) is 1.60. The average Bonchev–Trinajstić information content (AvgIpc) is 2.42. The third-order valence-electron chi connectivity index (χ3n) is 3.61. The van der Waals surface area contributed by atoms with E-state index in [4.69, 9.17) is 10.5 Å². The second kappa shape index (κ2) is 6.41. The van der Waals surface area contributed by atoms with Crippen molar-refractivity contribution in [3.05, 3.63) is 26.6 Å². The molecule has 114 valence electrons. The Hall–Kier alpha value is -0.990. The van der Waals surface area contributed by atoms with Crippen LogP contribution in [0.25, 0.3) is 11.0 Å². The molecule has 1 aliphatic rings. The van der Waals surface area contributed by atoms with Gasteiger partial charge in [-0.2, -0.15) is 4.98 Å². The van der Waals surface area contributed by atoms with Crippen molar-refractivity contribution in [3.8, 4) is 0 Å². The lowest BCUT2D eigenvalue weighted by Crippen LogP contribution is -2.30. The van der Waals surface area contributed by atoms with Gasteiger partial charge in [-0.05, 0) is 41.8 Å². The molecule has 0 spiro atoms. The number of pyridine rings is 1. The molecule has 2 aromatic heterocycles. The predicted octanol–water partition coefficient (Wildman–Crippen LogP) is 2.37. The SMILES string of the molecule is Br.Cc1nc(N)nc2c1cc(Br)c(=O)n2C1CCOCC1. The van der Waals surface area contributed by atoms with Crippen molar-refractivity contribution < 1.29 is 4.74 Å². The maximum atomic E-state index is 12.5. The molecule has 2 N–H and O–H groups in total. The zero-order valence-electron chi connectivity index (χ0n) is 11.5. The highest BCUT2D eigenvalue weighted by Crippen LogP contribution is 2.26. The van der Waals surface area contributed by atoms with Crippen LogP contribution in [0.2, 0.25) is 0 Å². The fourth-order valence-electron chi connectivity index (χ4n) is 2.62. The number of nitrogen functional groups attached to an aromatic ring is 1. The Morgan fingerprint density at radius 2 is 2.05 bits per heavy atom. The highest BCUT2D eigenvalue weighted by atomic mass is 79.9. The molecular formula is C13H16Br2N4O2. The van der Waals surface area contributed by atoms with Crippen LogP contribution < -0.4 is 11.3 Å². The Bertz CT molecular complexity index is 726. The van der Waals surface area contributed by atoms with Gasteiger partial charge in [0.2, 0.25) is 5.95 Å². The summed E-state index contributed by atoms with van der Waals surface area (Å²) in [4.78, 5) is 20.9. The van der Waals surface area contributed by atoms with E-state index in [1.165, 1.54) is 0 Å². The molecule has 0 amide bonds. The summed E-state index contributed by atoms with van der Waals surface area (Å²) in [5.74, 6) is 0.192. The molecule has 6 nitrogen and oxygen atoms in total. The quantitative estimate of drug-likeness (QED) is 0.767. The summed E-state index contributed by atoms with van der Waals surface area (Å²) in [6, 6.07) is 1.85. The van der Waals surface area contributed by atoms with Gasteiger partial charge in [-0.25, -0.2) is 4.98 Å². The van der Waals surface area contributed by atoms with Crippen LogP contribution in [0, 0.1) is 6.92 Å². The van der Waals surface area contributed by atoms with Gasteiger partial charge in [-0.3, -0.25) is 9.36 Å². The fraction of sp³-hybridized carbons (Fsp3) is 0.462. The van der Waals surface area contributed by atoms with E-state index >= 15 is 0 Å². The molecule has 2 aromatic rings. The molecule has 1 fully saturated rings. The maximum Gasteiger partial charge on any atom is 0.266 e. The van der Waals surface area contributed by atoms with Gasteiger partial charge in [0, 0.05) is 24.6 Å². The molecule has 8 heteroatoms. The molecule has 0 bridgehead atoms. The first kappa shape index (κ1) is 16.4. The van der Waals surface area contributed by atoms with E-state index in [2.05, 4.69) is 25.9 Å². The molecule has 0 radical (unpaired) electrons. The Morgan fingerprint density at radius 1 is 1.38 bits per heavy atom. The van der Waals surface area contributed by atoms with Crippen LogP contribution in [-0.2, 0) is 4.74 Å². The van der Waals surface area contributed by atoms with Crippen molar-refractivity contribution in [3.63, 3.8) is 0 Å². The fourth-order valence-corrected chi connectivity index (χ4v) is 3.04. The molecule has 3 heterocycles. The molecule has 3 rings (SSSR count). The van der Waals surface area contributed by atoms with Crippen molar-refractivity contribution in [2.75, 3.05) is 18.9 Å². The van der Waals surface area contributed by atoms with Crippen LogP contribution in [-0.4, -0.2) is 27.7 Å². The van der Waals surface area contributed by atoms with Gasteiger partial charge in [0.1, 0.15) is 5.65 Å². The zero-order chi connectivity index (χ0) is 14.3. The van der Waals surface area contributed by atoms with Crippen molar-refractivity contribution in [1.29, 1.82) is 0 Å². The first-order valence-electron chi connectivity index (χ1n) is 6.50.